The number of amides is 1. The van der Waals surface area contributed by atoms with Crippen LogP contribution in [0.4, 0.5) is 0 Å². The number of thioether (sulfide) groups is 1. The van der Waals surface area contributed by atoms with Crippen molar-refractivity contribution >= 4 is 40.4 Å². The molecule has 0 saturated carbocycles. The maximum absolute atomic E-state index is 12.9. The number of rotatable bonds is 4. The predicted molar refractivity (Wildman–Crippen MR) is 104 cm³/mol. The van der Waals surface area contributed by atoms with E-state index in [1.54, 1.807) is 37.8 Å². The number of carbonyl (C=O) groups is 2. The lowest BCUT2D eigenvalue weighted by atomic mass is 9.94. The van der Waals surface area contributed by atoms with Gasteiger partial charge in [0.25, 0.3) is 0 Å². The van der Waals surface area contributed by atoms with Crippen molar-refractivity contribution < 1.29 is 14.3 Å². The third-order valence-corrected chi connectivity index (χ3v) is 5.84. The molecule has 1 fully saturated rings. The van der Waals surface area contributed by atoms with E-state index < -0.39 is 12.0 Å². The third kappa shape index (κ3) is 3.40. The van der Waals surface area contributed by atoms with Crippen molar-refractivity contribution in [3.8, 4) is 0 Å². The average Bonchev–Trinajstić information content (AvgIpc) is 2.89. The van der Waals surface area contributed by atoms with Crippen molar-refractivity contribution in [1.82, 2.24) is 4.90 Å². The van der Waals surface area contributed by atoms with E-state index in [4.69, 9.17) is 16.3 Å². The van der Waals surface area contributed by atoms with Crippen LogP contribution in [0, 0.1) is 0 Å². The van der Waals surface area contributed by atoms with Crippen LogP contribution in [-0.4, -0.2) is 33.3 Å². The first kappa shape index (κ1) is 19.0. The summed E-state index contributed by atoms with van der Waals surface area (Å²) >= 11 is 7.47. The number of hydrogen-bond acceptors (Lipinski definition) is 5. The number of halogens is 1. The number of amidine groups is 1. The van der Waals surface area contributed by atoms with Gasteiger partial charge in [0.05, 0.1) is 28.7 Å². The Hall–Kier alpha value is -1.79. The second kappa shape index (κ2) is 7.45. The molecule has 0 aromatic heterocycles. The van der Waals surface area contributed by atoms with Crippen LogP contribution in [0.3, 0.4) is 0 Å². The molecule has 3 rings (SSSR count). The Morgan fingerprint density at radius 3 is 2.58 bits per heavy atom. The quantitative estimate of drug-likeness (QED) is 0.715. The van der Waals surface area contributed by atoms with Crippen molar-refractivity contribution in [2.75, 3.05) is 0 Å². The summed E-state index contributed by atoms with van der Waals surface area (Å²) in [6, 6.07) is 6.64. The number of hydrogen-bond donors (Lipinski definition) is 0. The van der Waals surface area contributed by atoms with E-state index in [2.05, 4.69) is 4.99 Å². The van der Waals surface area contributed by atoms with E-state index in [0.29, 0.717) is 27.9 Å². The summed E-state index contributed by atoms with van der Waals surface area (Å²) in [5.41, 5.74) is 1.79. The van der Waals surface area contributed by atoms with Crippen LogP contribution < -0.4 is 0 Å². The maximum atomic E-state index is 12.9. The van der Waals surface area contributed by atoms with Crippen molar-refractivity contribution in [2.24, 2.45) is 4.99 Å². The van der Waals surface area contributed by atoms with Crippen LogP contribution >= 0.6 is 23.4 Å². The number of nitrogens with zero attached hydrogens (tertiary/aromatic N) is 2. The van der Waals surface area contributed by atoms with Gasteiger partial charge in [-0.25, -0.2) is 9.79 Å². The lowest BCUT2D eigenvalue weighted by molar-refractivity contribution is -0.143. The minimum absolute atomic E-state index is 0.0291. The zero-order valence-corrected chi connectivity index (χ0v) is 16.7. The minimum atomic E-state index is -0.553. The molecule has 7 heteroatoms. The molecule has 5 nitrogen and oxygen atoms in total. The smallest absolute Gasteiger partial charge is 0.338 e. The molecule has 2 atom stereocenters. The van der Waals surface area contributed by atoms with Crippen LogP contribution in [-0.2, 0) is 14.3 Å². The molecule has 1 aromatic carbocycles. The second-order valence-corrected chi connectivity index (χ2v) is 8.13. The first-order valence-electron chi connectivity index (χ1n) is 8.59. The molecule has 1 amide bonds. The van der Waals surface area contributed by atoms with E-state index in [0.717, 1.165) is 5.56 Å². The number of esters is 1. The molecule has 0 N–H and O–H groups in total. The molecule has 2 heterocycles. The number of aliphatic imine (C=N–C) groups is 1. The Kier molecular flexibility index (Phi) is 5.44. The van der Waals surface area contributed by atoms with Crippen LogP contribution in [0.25, 0.3) is 0 Å². The lowest BCUT2D eigenvalue weighted by Crippen LogP contribution is -2.41. The van der Waals surface area contributed by atoms with E-state index in [9.17, 15) is 9.59 Å². The fourth-order valence-corrected chi connectivity index (χ4v) is 4.35. The summed E-state index contributed by atoms with van der Waals surface area (Å²) in [6.07, 6.45) is 0.447. The van der Waals surface area contributed by atoms with Gasteiger partial charge in [-0.15, -0.1) is 0 Å². The van der Waals surface area contributed by atoms with Gasteiger partial charge in [0.1, 0.15) is 0 Å². The van der Waals surface area contributed by atoms with E-state index >= 15 is 0 Å². The molecule has 138 valence electrons. The molecule has 0 spiro atoms. The Labute approximate surface area is 162 Å². The van der Waals surface area contributed by atoms with Crippen molar-refractivity contribution in [2.45, 2.75) is 51.5 Å². The summed E-state index contributed by atoms with van der Waals surface area (Å²) in [4.78, 5) is 31.9. The standard InChI is InChI=1S/C19H21ClN2O3S/c1-5-14-17(23)22-16(12-6-8-13(20)9-7-12)15(18(24)25-10(2)3)11(4)21-19(22)26-14/h6-10,14,16H,5H2,1-4H3. The molecule has 2 unspecified atom stereocenters. The SMILES string of the molecule is CCC1SC2=NC(C)=C(C(=O)OC(C)C)C(c3ccc(Cl)cc3)N2C1=O. The molecule has 26 heavy (non-hydrogen) atoms. The van der Waals surface area contributed by atoms with E-state index in [1.807, 2.05) is 19.1 Å². The van der Waals surface area contributed by atoms with Gasteiger partial charge in [-0.1, -0.05) is 42.4 Å². The molecular weight excluding hydrogens is 372 g/mol. The highest BCUT2D eigenvalue weighted by Gasteiger charge is 2.47. The molecule has 1 aromatic rings. The number of carbonyl (C=O) groups excluding carboxylic acids is 2. The van der Waals surface area contributed by atoms with Gasteiger partial charge in [0, 0.05) is 5.02 Å². The largest absolute Gasteiger partial charge is 0.459 e. The normalized spacial score (nSPS) is 22.6. The molecule has 2 aliphatic heterocycles. The van der Waals surface area contributed by atoms with Crippen molar-refractivity contribution in [3.05, 3.63) is 46.1 Å². The fourth-order valence-electron chi connectivity index (χ4n) is 3.09. The van der Waals surface area contributed by atoms with Crippen molar-refractivity contribution in [1.29, 1.82) is 0 Å². The Morgan fingerprint density at radius 2 is 2.00 bits per heavy atom. The average molecular weight is 393 g/mol. The van der Waals surface area contributed by atoms with Gasteiger partial charge in [0.2, 0.25) is 5.91 Å². The third-order valence-electron chi connectivity index (χ3n) is 4.27. The summed E-state index contributed by atoms with van der Waals surface area (Å²) in [7, 11) is 0. The second-order valence-electron chi connectivity index (χ2n) is 6.52. The molecular formula is C19H21ClN2O3S. The first-order chi connectivity index (χ1) is 12.3. The highest BCUT2D eigenvalue weighted by molar-refractivity contribution is 8.15. The zero-order chi connectivity index (χ0) is 19.0. The van der Waals surface area contributed by atoms with Crippen molar-refractivity contribution in [3.63, 3.8) is 0 Å². The van der Waals surface area contributed by atoms with Crippen LogP contribution in [0.2, 0.25) is 5.02 Å². The van der Waals surface area contributed by atoms with Gasteiger partial charge in [-0.05, 0) is 44.9 Å². The zero-order valence-electron chi connectivity index (χ0n) is 15.2. The van der Waals surface area contributed by atoms with Gasteiger partial charge in [-0.2, -0.15) is 0 Å². The maximum Gasteiger partial charge on any atom is 0.338 e. The van der Waals surface area contributed by atoms with Gasteiger partial charge in [0.15, 0.2) is 5.17 Å². The number of fused-ring (bicyclic) bond motifs is 1. The highest BCUT2D eigenvalue weighted by Crippen LogP contribution is 2.44. The van der Waals surface area contributed by atoms with E-state index in [-0.39, 0.29) is 17.3 Å². The number of ether oxygens (including phenoxy) is 1. The molecule has 0 radical (unpaired) electrons. The van der Waals surface area contributed by atoms with Crippen LogP contribution in [0.5, 0.6) is 0 Å². The first-order valence-corrected chi connectivity index (χ1v) is 9.84. The van der Waals surface area contributed by atoms with Gasteiger partial charge >= 0.3 is 5.97 Å². The molecule has 0 bridgehead atoms. The lowest BCUT2D eigenvalue weighted by Gasteiger charge is -2.33. The minimum Gasteiger partial charge on any atom is -0.459 e. The van der Waals surface area contributed by atoms with Crippen LogP contribution in [0.1, 0.15) is 45.7 Å². The fraction of sp³-hybridized carbons (Fsp3) is 0.421. The summed E-state index contributed by atoms with van der Waals surface area (Å²) in [5, 5.41) is 1.05. The topological polar surface area (TPSA) is 59.0 Å². The Balaban J connectivity index is 2.12. The van der Waals surface area contributed by atoms with Gasteiger partial charge in [-0.3, -0.25) is 9.69 Å². The summed E-state index contributed by atoms with van der Waals surface area (Å²) < 4.78 is 5.44. The molecule has 2 aliphatic rings. The number of allylic oxidation sites excluding steroid dienone is 1. The Morgan fingerprint density at radius 1 is 1.35 bits per heavy atom. The van der Waals surface area contributed by atoms with E-state index in [1.165, 1.54) is 11.8 Å². The van der Waals surface area contributed by atoms with Crippen LogP contribution in [0.15, 0.2) is 40.5 Å². The van der Waals surface area contributed by atoms with Gasteiger partial charge < -0.3 is 4.74 Å². The number of benzene rings is 1. The Bertz CT molecular complexity index is 802. The monoisotopic (exact) mass is 392 g/mol. The highest BCUT2D eigenvalue weighted by atomic mass is 35.5. The summed E-state index contributed by atoms with van der Waals surface area (Å²) in [5.74, 6) is -0.475. The predicted octanol–water partition coefficient (Wildman–Crippen LogP) is 4.33. The molecule has 1 saturated heterocycles. The summed E-state index contributed by atoms with van der Waals surface area (Å²) in [6.45, 7) is 7.35. The molecule has 0 aliphatic carbocycles.